The molecule has 0 saturated carbocycles. The van der Waals surface area contributed by atoms with E-state index in [1.807, 2.05) is 0 Å². The zero-order chi connectivity index (χ0) is 26.7. The van der Waals surface area contributed by atoms with Gasteiger partial charge in [0.05, 0.1) is 0 Å². The monoisotopic (exact) mass is 508 g/mol. The van der Waals surface area contributed by atoms with Crippen molar-refractivity contribution >= 4 is 11.9 Å². The van der Waals surface area contributed by atoms with Crippen LogP contribution in [0.5, 0.6) is 0 Å². The van der Waals surface area contributed by atoms with Gasteiger partial charge < -0.3 is 9.84 Å². The average molecular weight is 509 g/mol. The molecule has 0 aliphatic rings. The maximum absolute atomic E-state index is 12.6. The lowest BCUT2D eigenvalue weighted by atomic mass is 9.84. The molecule has 0 bridgehead atoms. The first-order valence-corrected chi connectivity index (χ1v) is 15.6. The Labute approximate surface area is 224 Å². The first-order valence-electron chi connectivity index (χ1n) is 15.6. The van der Waals surface area contributed by atoms with Gasteiger partial charge in [0.25, 0.3) is 0 Å². The number of carboxylic acid groups (broad SMARTS) is 1. The van der Waals surface area contributed by atoms with Crippen LogP contribution in [0.3, 0.4) is 0 Å². The maximum Gasteiger partial charge on any atom is 0.331 e. The van der Waals surface area contributed by atoms with Crippen LogP contribution in [0.15, 0.2) is 12.2 Å². The second kappa shape index (κ2) is 25.3. The molecule has 0 heterocycles. The van der Waals surface area contributed by atoms with E-state index in [9.17, 15) is 9.59 Å². The van der Waals surface area contributed by atoms with Gasteiger partial charge in [-0.05, 0) is 38.5 Å². The smallest absolute Gasteiger partial charge is 0.331 e. The van der Waals surface area contributed by atoms with Crippen LogP contribution >= 0.6 is 0 Å². The molecule has 4 nitrogen and oxygen atoms in total. The van der Waals surface area contributed by atoms with Gasteiger partial charge in [-0.25, -0.2) is 9.59 Å². The first-order chi connectivity index (χ1) is 17.5. The highest BCUT2D eigenvalue weighted by atomic mass is 16.6. The highest BCUT2D eigenvalue weighted by molar-refractivity contribution is 5.90. The molecule has 0 saturated heterocycles. The second-order valence-electron chi connectivity index (χ2n) is 10.9. The fourth-order valence-corrected chi connectivity index (χ4v) is 5.13. The van der Waals surface area contributed by atoms with Crippen molar-refractivity contribution in [3.8, 4) is 0 Å². The fraction of sp³-hybridized carbons (Fsp3) is 0.875. The average Bonchev–Trinajstić information content (AvgIpc) is 2.86. The number of carbonyl (C=O) groups excluding carboxylic acids is 1. The molecule has 0 aromatic heterocycles. The minimum absolute atomic E-state index is 0.448. The lowest BCUT2D eigenvalue weighted by molar-refractivity contribution is -0.157. The van der Waals surface area contributed by atoms with E-state index in [0.29, 0.717) is 0 Å². The zero-order valence-corrected chi connectivity index (χ0v) is 24.3. The Balaban J connectivity index is 4.99. The molecule has 0 amide bonds. The molecule has 0 spiro atoms. The van der Waals surface area contributed by atoms with E-state index in [1.54, 1.807) is 0 Å². The van der Waals surface area contributed by atoms with Gasteiger partial charge in [-0.3, -0.25) is 0 Å². The molecule has 0 aromatic rings. The number of rotatable bonds is 27. The predicted octanol–water partition coefficient (Wildman–Crippen LogP) is 10.3. The van der Waals surface area contributed by atoms with Crippen molar-refractivity contribution in [1.82, 2.24) is 0 Å². The van der Waals surface area contributed by atoms with E-state index in [4.69, 9.17) is 9.84 Å². The minimum Gasteiger partial charge on any atom is -0.478 e. The molecule has 0 aliphatic carbocycles. The van der Waals surface area contributed by atoms with Crippen molar-refractivity contribution in [2.45, 2.75) is 180 Å². The van der Waals surface area contributed by atoms with Crippen molar-refractivity contribution in [3.05, 3.63) is 12.2 Å². The predicted molar refractivity (Wildman–Crippen MR) is 153 cm³/mol. The number of esters is 1. The van der Waals surface area contributed by atoms with Gasteiger partial charge in [-0.15, -0.1) is 0 Å². The Morgan fingerprint density at radius 3 is 1.14 bits per heavy atom. The third-order valence-electron chi connectivity index (χ3n) is 7.39. The minimum atomic E-state index is -1.11. The van der Waals surface area contributed by atoms with Crippen LogP contribution in [-0.4, -0.2) is 22.6 Å². The topological polar surface area (TPSA) is 63.6 Å². The van der Waals surface area contributed by atoms with Crippen LogP contribution in [0, 0.1) is 0 Å². The van der Waals surface area contributed by atoms with E-state index >= 15 is 0 Å². The van der Waals surface area contributed by atoms with Gasteiger partial charge in [0.2, 0.25) is 0 Å². The quantitative estimate of drug-likeness (QED) is 0.0680. The number of unbranched alkanes of at least 4 members (excludes halogenated alkanes) is 18. The maximum atomic E-state index is 12.6. The fourth-order valence-electron chi connectivity index (χ4n) is 5.13. The molecular weight excluding hydrogens is 448 g/mol. The van der Waals surface area contributed by atoms with E-state index in [2.05, 4.69) is 20.8 Å². The van der Waals surface area contributed by atoms with Gasteiger partial charge >= 0.3 is 11.9 Å². The van der Waals surface area contributed by atoms with E-state index in [-0.39, 0.29) is 0 Å². The lowest BCUT2D eigenvalue weighted by Gasteiger charge is -2.34. The summed E-state index contributed by atoms with van der Waals surface area (Å²) in [5.74, 6) is -1.60. The Hall–Kier alpha value is -1.32. The summed E-state index contributed by atoms with van der Waals surface area (Å²) in [5, 5.41) is 8.95. The van der Waals surface area contributed by atoms with Crippen molar-refractivity contribution < 1.29 is 19.4 Å². The molecule has 0 rings (SSSR count). The second-order valence-corrected chi connectivity index (χ2v) is 10.9. The third kappa shape index (κ3) is 21.9. The van der Waals surface area contributed by atoms with Crippen molar-refractivity contribution in [2.75, 3.05) is 0 Å². The zero-order valence-electron chi connectivity index (χ0n) is 24.3. The summed E-state index contributed by atoms with van der Waals surface area (Å²) < 4.78 is 6.13. The molecule has 0 aromatic carbocycles. The molecule has 0 fully saturated rings. The molecule has 0 radical (unpaired) electrons. The largest absolute Gasteiger partial charge is 0.478 e. The summed E-state index contributed by atoms with van der Waals surface area (Å²) >= 11 is 0. The summed E-state index contributed by atoms with van der Waals surface area (Å²) in [6, 6.07) is 0. The van der Waals surface area contributed by atoms with Crippen molar-refractivity contribution in [2.24, 2.45) is 0 Å². The highest BCUT2D eigenvalue weighted by Crippen LogP contribution is 2.33. The number of hydrogen-bond acceptors (Lipinski definition) is 3. The van der Waals surface area contributed by atoms with Gasteiger partial charge in [0.1, 0.15) is 5.60 Å². The summed E-state index contributed by atoms with van der Waals surface area (Å²) in [7, 11) is 0. The van der Waals surface area contributed by atoms with Crippen LogP contribution in [0.25, 0.3) is 0 Å². The number of hydrogen-bond donors (Lipinski definition) is 1. The van der Waals surface area contributed by atoms with Crippen molar-refractivity contribution in [1.29, 1.82) is 0 Å². The van der Waals surface area contributed by atoms with Gasteiger partial charge in [0, 0.05) is 12.2 Å². The molecule has 0 atom stereocenters. The highest BCUT2D eigenvalue weighted by Gasteiger charge is 2.32. The van der Waals surface area contributed by atoms with Gasteiger partial charge in [-0.2, -0.15) is 0 Å². The van der Waals surface area contributed by atoms with E-state index < -0.39 is 17.5 Å². The van der Waals surface area contributed by atoms with E-state index in [0.717, 1.165) is 50.7 Å². The Kier molecular flexibility index (Phi) is 24.4. The summed E-state index contributed by atoms with van der Waals surface area (Å²) in [5.41, 5.74) is -0.448. The standard InChI is InChI=1S/C32H60O4/c1-4-7-10-13-16-17-18-21-24-29-32(27-22-19-14-11-8-5-2,28-23-20-15-12-9-6-3)36-31(35)26-25-30(33)34/h25-26H,4-24,27-29H2,1-3H3,(H,33,34). The van der Waals surface area contributed by atoms with Gasteiger partial charge in [0.15, 0.2) is 0 Å². The molecule has 4 heteroatoms. The molecule has 36 heavy (non-hydrogen) atoms. The molecule has 0 aliphatic heterocycles. The summed E-state index contributed by atoms with van der Waals surface area (Å²) in [6.45, 7) is 6.73. The van der Waals surface area contributed by atoms with Crippen LogP contribution in [0.2, 0.25) is 0 Å². The molecule has 212 valence electrons. The van der Waals surface area contributed by atoms with Crippen LogP contribution in [-0.2, 0) is 14.3 Å². The SMILES string of the molecule is CCCCCCCCCCCC(CCCCCCCC)(CCCCCCCC)OC(=O)C=CC(=O)O. The Morgan fingerprint density at radius 1 is 0.528 bits per heavy atom. The number of carboxylic acids is 1. The van der Waals surface area contributed by atoms with Crippen LogP contribution in [0.4, 0.5) is 0 Å². The Morgan fingerprint density at radius 2 is 0.833 bits per heavy atom. The summed E-state index contributed by atoms with van der Waals surface area (Å²) in [6.07, 6.45) is 30.8. The van der Waals surface area contributed by atoms with Gasteiger partial charge in [-0.1, -0.05) is 136 Å². The van der Waals surface area contributed by atoms with Crippen molar-refractivity contribution in [3.63, 3.8) is 0 Å². The number of aliphatic carboxylic acids is 1. The number of carbonyl (C=O) groups is 2. The molecule has 0 unspecified atom stereocenters. The van der Waals surface area contributed by atoms with E-state index in [1.165, 1.54) is 116 Å². The number of ether oxygens (including phenoxy) is 1. The van der Waals surface area contributed by atoms with Crippen LogP contribution in [0.1, 0.15) is 175 Å². The lowest BCUT2D eigenvalue weighted by Crippen LogP contribution is -2.35. The Bertz CT molecular complexity index is 524. The third-order valence-corrected chi connectivity index (χ3v) is 7.39. The molecule has 1 N–H and O–H groups in total. The first kappa shape index (κ1) is 34.7. The normalized spacial score (nSPS) is 11.9. The molecular formula is C32H60O4. The van der Waals surface area contributed by atoms with Crippen LogP contribution < -0.4 is 0 Å². The summed E-state index contributed by atoms with van der Waals surface area (Å²) in [4.78, 5) is 23.5.